The van der Waals surface area contributed by atoms with Crippen molar-refractivity contribution in [2.24, 2.45) is 0 Å². The van der Waals surface area contributed by atoms with E-state index in [2.05, 4.69) is 10.4 Å². The summed E-state index contributed by atoms with van der Waals surface area (Å²) < 4.78 is 7.17. The molecule has 0 saturated carbocycles. The van der Waals surface area contributed by atoms with Gasteiger partial charge in [-0.3, -0.25) is 4.79 Å². The van der Waals surface area contributed by atoms with Crippen LogP contribution >= 0.6 is 0 Å². The lowest BCUT2D eigenvalue weighted by atomic mass is 10.1. The predicted molar refractivity (Wildman–Crippen MR) is 102 cm³/mol. The Morgan fingerprint density at radius 1 is 1.27 bits per heavy atom. The lowest BCUT2D eigenvalue weighted by molar-refractivity contribution is -0.121. The highest BCUT2D eigenvalue weighted by atomic mass is 16.5. The van der Waals surface area contributed by atoms with E-state index in [9.17, 15) is 4.79 Å². The van der Waals surface area contributed by atoms with Gasteiger partial charge in [-0.25, -0.2) is 9.50 Å². The van der Waals surface area contributed by atoms with Gasteiger partial charge in [0.05, 0.1) is 5.52 Å². The van der Waals surface area contributed by atoms with Crippen LogP contribution in [-0.4, -0.2) is 40.3 Å². The lowest BCUT2D eigenvalue weighted by Gasteiger charge is -2.11. The lowest BCUT2D eigenvalue weighted by Crippen LogP contribution is -2.25. The molecule has 0 aliphatic heterocycles. The highest BCUT2D eigenvalue weighted by Gasteiger charge is 2.14. The number of hydrogen-bond donors (Lipinski definition) is 1. The maximum Gasteiger partial charge on any atom is 0.220 e. The predicted octanol–water partition coefficient (Wildman–Crippen LogP) is 2.97. The monoisotopic (exact) mass is 354 g/mol. The van der Waals surface area contributed by atoms with E-state index in [1.54, 1.807) is 0 Å². The minimum Gasteiger partial charge on any atom is -0.382 e. The van der Waals surface area contributed by atoms with Gasteiger partial charge in [-0.2, -0.15) is 5.10 Å². The number of nitrogens with one attached hydrogen (secondary N) is 1. The molecule has 0 unspecified atom stereocenters. The number of rotatable bonds is 8. The van der Waals surface area contributed by atoms with E-state index < -0.39 is 0 Å². The Labute approximate surface area is 153 Å². The Morgan fingerprint density at radius 3 is 2.88 bits per heavy atom. The summed E-state index contributed by atoms with van der Waals surface area (Å²) in [7, 11) is 0. The molecule has 1 aromatic carbocycles. The third kappa shape index (κ3) is 3.85. The molecule has 0 aliphatic rings. The molecular weight excluding hydrogens is 328 g/mol. The van der Waals surface area contributed by atoms with Crippen molar-refractivity contribution in [1.29, 1.82) is 0 Å². The molecule has 0 bridgehead atoms. The zero-order chi connectivity index (χ0) is 18.5. The summed E-state index contributed by atoms with van der Waals surface area (Å²) in [6, 6.07) is 8.01. The van der Waals surface area contributed by atoms with E-state index >= 15 is 0 Å². The minimum absolute atomic E-state index is 0.0611. The van der Waals surface area contributed by atoms with Crippen LogP contribution in [0.1, 0.15) is 36.7 Å². The van der Waals surface area contributed by atoms with Gasteiger partial charge < -0.3 is 10.1 Å². The number of aromatic nitrogens is 3. The van der Waals surface area contributed by atoms with Gasteiger partial charge in [0.15, 0.2) is 5.65 Å². The Hall–Kier alpha value is -2.47. The number of fused-ring (bicyclic) bond motifs is 3. The van der Waals surface area contributed by atoms with Crippen LogP contribution in [0.3, 0.4) is 0 Å². The molecule has 6 heteroatoms. The highest BCUT2D eigenvalue weighted by Crippen LogP contribution is 2.22. The Kier molecular flexibility index (Phi) is 5.83. The summed E-state index contributed by atoms with van der Waals surface area (Å²) in [6.45, 7) is 8.06. The number of aryl methyl sites for hydroxylation is 2. The molecule has 2 heterocycles. The second-order valence-electron chi connectivity index (χ2n) is 6.41. The Bertz CT molecular complexity index is 917. The first-order valence-electron chi connectivity index (χ1n) is 9.19. The minimum atomic E-state index is 0.0611. The number of benzene rings is 1. The molecule has 26 heavy (non-hydrogen) atoms. The average molecular weight is 354 g/mol. The number of nitrogens with zero attached hydrogens (tertiary/aromatic N) is 3. The Balaban J connectivity index is 1.70. The summed E-state index contributed by atoms with van der Waals surface area (Å²) in [6.07, 6.45) is 1.95. The van der Waals surface area contributed by atoms with Crippen LogP contribution in [-0.2, 0) is 16.0 Å². The van der Waals surface area contributed by atoms with Crippen LogP contribution in [0.5, 0.6) is 0 Å². The van der Waals surface area contributed by atoms with Crippen LogP contribution in [0, 0.1) is 13.8 Å². The van der Waals surface area contributed by atoms with Gasteiger partial charge in [0.1, 0.15) is 0 Å². The van der Waals surface area contributed by atoms with Gasteiger partial charge in [0.2, 0.25) is 5.91 Å². The summed E-state index contributed by atoms with van der Waals surface area (Å²) in [4.78, 5) is 16.8. The van der Waals surface area contributed by atoms with Crippen molar-refractivity contribution in [3.63, 3.8) is 0 Å². The van der Waals surface area contributed by atoms with E-state index in [1.165, 1.54) is 0 Å². The van der Waals surface area contributed by atoms with Crippen molar-refractivity contribution in [3.05, 3.63) is 41.2 Å². The molecule has 3 aromatic rings. The number of carbonyl (C=O) groups excluding carboxylic acids is 1. The first-order chi connectivity index (χ1) is 12.6. The van der Waals surface area contributed by atoms with Gasteiger partial charge in [-0.15, -0.1) is 0 Å². The van der Waals surface area contributed by atoms with Crippen LogP contribution in [0.2, 0.25) is 0 Å². The molecule has 0 atom stereocenters. The zero-order valence-electron chi connectivity index (χ0n) is 15.7. The van der Waals surface area contributed by atoms with E-state index in [0.717, 1.165) is 39.9 Å². The van der Waals surface area contributed by atoms with Gasteiger partial charge in [0, 0.05) is 43.0 Å². The largest absolute Gasteiger partial charge is 0.382 e. The summed E-state index contributed by atoms with van der Waals surface area (Å²) in [5.74, 6) is 0.0611. The maximum atomic E-state index is 12.1. The molecular formula is C20H26N4O2. The van der Waals surface area contributed by atoms with Crippen molar-refractivity contribution in [1.82, 2.24) is 19.9 Å². The van der Waals surface area contributed by atoms with Crippen molar-refractivity contribution in [3.8, 4) is 0 Å². The van der Waals surface area contributed by atoms with E-state index in [0.29, 0.717) is 32.6 Å². The molecule has 0 fully saturated rings. The third-order valence-electron chi connectivity index (χ3n) is 4.61. The summed E-state index contributed by atoms with van der Waals surface area (Å²) in [5, 5.41) is 8.66. The molecule has 0 saturated heterocycles. The van der Waals surface area contributed by atoms with Crippen LogP contribution in [0.4, 0.5) is 0 Å². The number of ether oxygens (including phenoxy) is 1. The quantitative estimate of drug-likeness (QED) is 0.632. The van der Waals surface area contributed by atoms with Crippen molar-refractivity contribution >= 4 is 22.5 Å². The van der Waals surface area contributed by atoms with E-state index in [1.807, 2.05) is 49.6 Å². The van der Waals surface area contributed by atoms with Crippen molar-refractivity contribution < 1.29 is 9.53 Å². The standard InChI is InChI=1S/C20H26N4O2/c1-4-26-13-7-12-21-19(25)11-10-16-14(2)22-20-17-8-5-6-9-18(17)23-24(20)15(16)3/h5-6,8-9H,4,7,10-13H2,1-3H3,(H,21,25). The molecule has 0 spiro atoms. The maximum absolute atomic E-state index is 12.1. The Morgan fingerprint density at radius 2 is 2.08 bits per heavy atom. The molecule has 6 nitrogen and oxygen atoms in total. The summed E-state index contributed by atoms with van der Waals surface area (Å²) in [5.41, 5.74) is 4.92. The molecule has 0 radical (unpaired) electrons. The van der Waals surface area contributed by atoms with E-state index in [4.69, 9.17) is 9.72 Å². The first-order valence-corrected chi connectivity index (χ1v) is 9.19. The van der Waals surface area contributed by atoms with Crippen molar-refractivity contribution in [2.75, 3.05) is 19.8 Å². The third-order valence-corrected chi connectivity index (χ3v) is 4.61. The van der Waals surface area contributed by atoms with Crippen molar-refractivity contribution in [2.45, 2.75) is 40.0 Å². The fourth-order valence-corrected chi connectivity index (χ4v) is 3.21. The molecule has 2 aromatic heterocycles. The second kappa shape index (κ2) is 8.27. The molecule has 3 rings (SSSR count). The fourth-order valence-electron chi connectivity index (χ4n) is 3.21. The normalized spacial score (nSPS) is 11.3. The summed E-state index contributed by atoms with van der Waals surface area (Å²) >= 11 is 0. The first kappa shape index (κ1) is 18.3. The highest BCUT2D eigenvalue weighted by molar-refractivity contribution is 5.92. The molecule has 138 valence electrons. The molecule has 0 aliphatic carbocycles. The van der Waals surface area contributed by atoms with Crippen LogP contribution < -0.4 is 5.32 Å². The SMILES string of the molecule is CCOCCCNC(=O)CCc1c(C)nc2c3ccccc3nn2c1C. The van der Waals surface area contributed by atoms with Gasteiger partial charge >= 0.3 is 0 Å². The van der Waals surface area contributed by atoms with Crippen LogP contribution in [0.15, 0.2) is 24.3 Å². The fraction of sp³-hybridized carbons (Fsp3) is 0.450. The number of carbonyl (C=O) groups is 1. The number of amides is 1. The smallest absolute Gasteiger partial charge is 0.220 e. The molecule has 1 N–H and O–H groups in total. The second-order valence-corrected chi connectivity index (χ2v) is 6.41. The van der Waals surface area contributed by atoms with E-state index in [-0.39, 0.29) is 5.91 Å². The topological polar surface area (TPSA) is 68.5 Å². The zero-order valence-corrected chi connectivity index (χ0v) is 15.7. The van der Waals surface area contributed by atoms with Gasteiger partial charge in [0.25, 0.3) is 0 Å². The number of hydrogen-bond acceptors (Lipinski definition) is 4. The van der Waals surface area contributed by atoms with Gasteiger partial charge in [-0.05, 0) is 51.3 Å². The average Bonchev–Trinajstić information content (AvgIpc) is 3.00. The van der Waals surface area contributed by atoms with Crippen LogP contribution in [0.25, 0.3) is 16.6 Å². The molecule has 1 amide bonds. The van der Waals surface area contributed by atoms with Gasteiger partial charge in [-0.1, -0.05) is 12.1 Å².